The summed E-state index contributed by atoms with van der Waals surface area (Å²) in [5.41, 5.74) is 0.669. The molecule has 1 saturated heterocycles. The van der Waals surface area contributed by atoms with Crippen LogP contribution >= 0.6 is 0 Å². The lowest BCUT2D eigenvalue weighted by atomic mass is 9.86. The van der Waals surface area contributed by atoms with Crippen LogP contribution in [0.3, 0.4) is 0 Å². The summed E-state index contributed by atoms with van der Waals surface area (Å²) in [5.74, 6) is 2.15. The number of likely N-dealkylation sites (N-methyl/N-ethyl adjacent to an activating group) is 1. The molecule has 7 heteroatoms. The quantitative estimate of drug-likeness (QED) is 0.790. The molecule has 0 unspecified atom stereocenters. The lowest BCUT2D eigenvalue weighted by Gasteiger charge is -2.33. The molecule has 1 N–H and O–H groups in total. The molecule has 1 heterocycles. The first-order valence-electron chi connectivity index (χ1n) is 10.6. The molecule has 6 nitrogen and oxygen atoms in total. The van der Waals surface area contributed by atoms with E-state index in [9.17, 15) is 13.2 Å². The fraction of sp³-hybridized carbons (Fsp3) is 0.667. The molecular weight excluding hydrogens is 374 g/mol. The molecule has 1 aromatic carbocycles. The second-order valence-electron chi connectivity index (χ2n) is 8.55. The van der Waals surface area contributed by atoms with Crippen LogP contribution in [0.2, 0.25) is 0 Å². The van der Waals surface area contributed by atoms with Gasteiger partial charge in [-0.3, -0.25) is 4.79 Å². The predicted octanol–water partition coefficient (Wildman–Crippen LogP) is 2.78. The number of hydrogen-bond acceptors (Lipinski definition) is 4. The van der Waals surface area contributed by atoms with Crippen LogP contribution in [0, 0.1) is 17.8 Å². The number of benzene rings is 1. The summed E-state index contributed by atoms with van der Waals surface area (Å²) in [5, 5.41) is 2.95. The number of rotatable bonds is 6. The minimum Gasteiger partial charge on any atom is -0.326 e. The first-order valence-corrected chi connectivity index (χ1v) is 12.0. The normalized spacial score (nSPS) is 28.5. The van der Waals surface area contributed by atoms with Gasteiger partial charge in [0, 0.05) is 38.3 Å². The zero-order chi connectivity index (χ0) is 19.7. The van der Waals surface area contributed by atoms with Crippen LogP contribution in [0.5, 0.6) is 0 Å². The van der Waals surface area contributed by atoms with Gasteiger partial charge < -0.3 is 10.2 Å². The van der Waals surface area contributed by atoms with E-state index in [1.54, 1.807) is 28.6 Å². The third-order valence-corrected chi connectivity index (χ3v) is 8.80. The maximum Gasteiger partial charge on any atom is 0.243 e. The number of piperazine rings is 1. The first kappa shape index (κ1) is 19.9. The maximum absolute atomic E-state index is 12.8. The van der Waals surface area contributed by atoms with E-state index in [2.05, 4.69) is 17.1 Å². The Bertz CT molecular complexity index is 801. The Balaban J connectivity index is 1.33. The molecule has 1 aliphatic heterocycles. The Labute approximate surface area is 168 Å². The van der Waals surface area contributed by atoms with Crippen LogP contribution in [-0.4, -0.2) is 56.3 Å². The second-order valence-corrected chi connectivity index (χ2v) is 10.5. The third kappa shape index (κ3) is 4.11. The van der Waals surface area contributed by atoms with E-state index in [0.29, 0.717) is 36.0 Å². The van der Waals surface area contributed by atoms with Crippen LogP contribution in [-0.2, 0) is 14.8 Å². The van der Waals surface area contributed by atoms with Gasteiger partial charge in [-0.1, -0.05) is 13.3 Å². The van der Waals surface area contributed by atoms with Gasteiger partial charge in [0.15, 0.2) is 0 Å². The molecule has 1 amide bonds. The fourth-order valence-electron chi connectivity index (χ4n) is 5.22. The Morgan fingerprint density at radius 2 is 1.79 bits per heavy atom. The van der Waals surface area contributed by atoms with E-state index in [1.807, 2.05) is 0 Å². The monoisotopic (exact) mass is 405 g/mol. The van der Waals surface area contributed by atoms with Gasteiger partial charge >= 0.3 is 0 Å². The summed E-state index contributed by atoms with van der Waals surface area (Å²) in [6.45, 7) is 5.63. The molecule has 2 bridgehead atoms. The Morgan fingerprint density at radius 1 is 1.07 bits per heavy atom. The Kier molecular flexibility index (Phi) is 5.76. The van der Waals surface area contributed by atoms with Crippen molar-refractivity contribution in [1.82, 2.24) is 9.21 Å². The number of nitrogens with zero attached hydrogens (tertiary/aromatic N) is 2. The van der Waals surface area contributed by atoms with Crippen molar-refractivity contribution in [3.05, 3.63) is 24.3 Å². The number of hydrogen-bond donors (Lipinski definition) is 1. The molecule has 0 spiro atoms. The molecule has 4 rings (SSSR count). The van der Waals surface area contributed by atoms with Crippen molar-refractivity contribution in [1.29, 1.82) is 0 Å². The van der Waals surface area contributed by atoms with E-state index >= 15 is 0 Å². The van der Waals surface area contributed by atoms with Crippen LogP contribution in [0.25, 0.3) is 0 Å². The minimum absolute atomic E-state index is 0.0452. The predicted molar refractivity (Wildman–Crippen MR) is 109 cm³/mol. The summed E-state index contributed by atoms with van der Waals surface area (Å²) in [4.78, 5) is 14.9. The van der Waals surface area contributed by atoms with Gasteiger partial charge in [0.05, 0.1) is 4.90 Å². The average Bonchev–Trinajstić information content (AvgIpc) is 3.31. The highest BCUT2D eigenvalue weighted by Gasteiger charge is 2.40. The molecule has 1 aromatic rings. The lowest BCUT2D eigenvalue weighted by molar-refractivity contribution is -0.117. The van der Waals surface area contributed by atoms with Gasteiger partial charge in [-0.15, -0.1) is 0 Å². The number of fused-ring (bicyclic) bond motifs is 2. The molecule has 3 aliphatic rings. The number of carbonyl (C=O) groups is 1. The lowest BCUT2D eigenvalue weighted by Crippen LogP contribution is -2.48. The highest BCUT2D eigenvalue weighted by atomic mass is 32.2. The third-order valence-electron chi connectivity index (χ3n) is 6.89. The highest BCUT2D eigenvalue weighted by molar-refractivity contribution is 7.89. The highest BCUT2D eigenvalue weighted by Crippen LogP contribution is 2.49. The number of carbonyl (C=O) groups excluding carboxylic acids is 1. The number of sulfonamides is 1. The summed E-state index contributed by atoms with van der Waals surface area (Å²) in [6.07, 6.45) is 5.70. The van der Waals surface area contributed by atoms with Crippen molar-refractivity contribution in [2.24, 2.45) is 17.8 Å². The molecule has 3 fully saturated rings. The van der Waals surface area contributed by atoms with Crippen molar-refractivity contribution in [3.63, 3.8) is 0 Å². The molecule has 0 radical (unpaired) electrons. The SMILES string of the molecule is CCN1CCN(S(=O)(=O)c2ccc(NC(=O)C[C@H]3C[C@@H]4CC[C@@H]3C4)cc2)CC1. The summed E-state index contributed by atoms with van der Waals surface area (Å²) in [6, 6.07) is 6.62. The number of anilines is 1. The van der Waals surface area contributed by atoms with Gasteiger partial charge in [0.25, 0.3) is 0 Å². The van der Waals surface area contributed by atoms with Crippen LogP contribution < -0.4 is 5.32 Å². The van der Waals surface area contributed by atoms with Gasteiger partial charge in [0.1, 0.15) is 0 Å². The number of nitrogens with one attached hydrogen (secondary N) is 1. The molecule has 28 heavy (non-hydrogen) atoms. The van der Waals surface area contributed by atoms with E-state index in [1.165, 1.54) is 25.7 Å². The molecule has 154 valence electrons. The largest absolute Gasteiger partial charge is 0.326 e. The van der Waals surface area contributed by atoms with Crippen LogP contribution in [0.1, 0.15) is 39.0 Å². The van der Waals surface area contributed by atoms with E-state index < -0.39 is 10.0 Å². The average molecular weight is 406 g/mol. The zero-order valence-corrected chi connectivity index (χ0v) is 17.5. The molecule has 2 aliphatic carbocycles. The Morgan fingerprint density at radius 3 is 2.36 bits per heavy atom. The van der Waals surface area contributed by atoms with E-state index in [-0.39, 0.29) is 5.91 Å². The van der Waals surface area contributed by atoms with E-state index in [4.69, 9.17) is 0 Å². The summed E-state index contributed by atoms with van der Waals surface area (Å²) in [7, 11) is -3.47. The van der Waals surface area contributed by atoms with Gasteiger partial charge in [-0.05, 0) is 67.8 Å². The van der Waals surface area contributed by atoms with Gasteiger partial charge in [-0.25, -0.2) is 8.42 Å². The maximum atomic E-state index is 12.8. The standard InChI is InChI=1S/C21H31N3O3S/c1-2-23-9-11-24(12-10-23)28(26,27)20-7-5-19(6-8-20)22-21(25)15-18-14-16-3-4-17(18)13-16/h5-8,16-18H,2-4,9-15H2,1H3,(H,22,25)/t16-,17-,18-/m1/s1. The first-order chi connectivity index (χ1) is 13.5. The van der Waals surface area contributed by atoms with Crippen molar-refractivity contribution in [2.75, 3.05) is 38.0 Å². The summed E-state index contributed by atoms with van der Waals surface area (Å²) >= 11 is 0. The van der Waals surface area contributed by atoms with Crippen molar-refractivity contribution in [3.8, 4) is 0 Å². The smallest absolute Gasteiger partial charge is 0.243 e. The Hall–Kier alpha value is -1.44. The molecular formula is C21H31N3O3S. The minimum atomic E-state index is -3.47. The summed E-state index contributed by atoms with van der Waals surface area (Å²) < 4.78 is 27.2. The fourth-order valence-corrected chi connectivity index (χ4v) is 6.64. The number of amides is 1. The van der Waals surface area contributed by atoms with Crippen LogP contribution in [0.15, 0.2) is 29.2 Å². The van der Waals surface area contributed by atoms with Crippen molar-refractivity contribution < 1.29 is 13.2 Å². The van der Waals surface area contributed by atoms with Gasteiger partial charge in [-0.2, -0.15) is 4.31 Å². The molecule has 2 saturated carbocycles. The van der Waals surface area contributed by atoms with Crippen molar-refractivity contribution >= 4 is 21.6 Å². The molecule has 0 aromatic heterocycles. The van der Waals surface area contributed by atoms with E-state index in [0.717, 1.165) is 31.5 Å². The van der Waals surface area contributed by atoms with Crippen molar-refractivity contribution in [2.45, 2.75) is 43.9 Å². The topological polar surface area (TPSA) is 69.7 Å². The van der Waals surface area contributed by atoms with Gasteiger partial charge in [0.2, 0.25) is 15.9 Å². The van der Waals surface area contributed by atoms with Crippen LogP contribution in [0.4, 0.5) is 5.69 Å². The zero-order valence-electron chi connectivity index (χ0n) is 16.6. The second kappa shape index (κ2) is 8.13. The molecule has 3 atom stereocenters.